The summed E-state index contributed by atoms with van der Waals surface area (Å²) in [5, 5.41) is 6.20. The average molecular weight is 396 g/mol. The highest BCUT2D eigenvalue weighted by Crippen LogP contribution is 2.22. The summed E-state index contributed by atoms with van der Waals surface area (Å²) in [6, 6.07) is 15.4. The zero-order chi connectivity index (χ0) is 17.8. The van der Waals surface area contributed by atoms with Crippen molar-refractivity contribution in [2.75, 3.05) is 10.6 Å². The maximum atomic E-state index is 12.4. The zero-order valence-corrected chi connectivity index (χ0v) is 15.6. The van der Waals surface area contributed by atoms with Crippen LogP contribution >= 0.6 is 15.9 Å². The number of anilines is 3. The normalized spacial score (nSPS) is 10.4. The van der Waals surface area contributed by atoms with Crippen LogP contribution in [0.25, 0.3) is 0 Å². The fraction of sp³-hybridized carbons (Fsp3) is 0.100. The molecule has 3 rings (SSSR count). The van der Waals surface area contributed by atoms with Gasteiger partial charge in [-0.05, 0) is 61.4 Å². The van der Waals surface area contributed by atoms with Gasteiger partial charge in [-0.1, -0.05) is 28.1 Å². The Hall–Kier alpha value is -2.66. The lowest BCUT2D eigenvalue weighted by atomic mass is 10.1. The number of nitrogens with zero attached hydrogens (tertiary/aromatic N) is 1. The number of aromatic nitrogens is 1. The predicted octanol–water partition coefficient (Wildman–Crippen LogP) is 5.46. The highest BCUT2D eigenvalue weighted by atomic mass is 79.9. The third-order valence-corrected chi connectivity index (χ3v) is 4.30. The minimum absolute atomic E-state index is 0.195. The molecule has 0 radical (unpaired) electrons. The van der Waals surface area contributed by atoms with Crippen LogP contribution in [-0.2, 0) is 0 Å². The molecule has 0 unspecified atom stereocenters. The molecule has 1 amide bonds. The van der Waals surface area contributed by atoms with Crippen LogP contribution in [0.5, 0.6) is 0 Å². The molecule has 2 aromatic carbocycles. The van der Waals surface area contributed by atoms with Crippen molar-refractivity contribution in [2.45, 2.75) is 13.8 Å². The van der Waals surface area contributed by atoms with Gasteiger partial charge in [0.1, 0.15) is 0 Å². The van der Waals surface area contributed by atoms with E-state index < -0.39 is 0 Å². The third kappa shape index (κ3) is 4.45. The summed E-state index contributed by atoms with van der Waals surface area (Å²) in [5.41, 5.74) is 5.32. The third-order valence-electron chi connectivity index (χ3n) is 3.77. The molecule has 0 spiro atoms. The highest BCUT2D eigenvalue weighted by Gasteiger charge is 2.08. The van der Waals surface area contributed by atoms with Crippen molar-refractivity contribution in [1.82, 2.24) is 4.98 Å². The van der Waals surface area contributed by atoms with E-state index in [9.17, 15) is 4.79 Å². The topological polar surface area (TPSA) is 54.0 Å². The number of carbonyl (C=O) groups excluding carboxylic acids is 1. The van der Waals surface area contributed by atoms with Gasteiger partial charge in [0.2, 0.25) is 0 Å². The van der Waals surface area contributed by atoms with Gasteiger partial charge >= 0.3 is 0 Å². The van der Waals surface area contributed by atoms with Gasteiger partial charge in [-0.25, -0.2) is 0 Å². The maximum Gasteiger partial charge on any atom is 0.257 e. The molecule has 5 heteroatoms. The summed E-state index contributed by atoms with van der Waals surface area (Å²) in [7, 11) is 0. The summed E-state index contributed by atoms with van der Waals surface area (Å²) < 4.78 is 0.965. The number of amides is 1. The molecular weight excluding hydrogens is 378 g/mol. The highest BCUT2D eigenvalue weighted by molar-refractivity contribution is 9.10. The summed E-state index contributed by atoms with van der Waals surface area (Å²) in [6.45, 7) is 4.09. The molecular formula is C20H18BrN3O. The van der Waals surface area contributed by atoms with E-state index in [2.05, 4.69) is 49.7 Å². The minimum Gasteiger partial charge on any atom is -0.354 e. The molecule has 1 heterocycles. The lowest BCUT2D eigenvalue weighted by Crippen LogP contribution is -2.12. The standard InChI is InChI=1S/C20H18BrN3O/c1-13-3-4-14(2)19(9-13)23-18-10-15(11-22-12-18)20(25)24-17-7-5-16(21)6-8-17/h3-12,23H,1-2H3,(H,24,25). The lowest BCUT2D eigenvalue weighted by Gasteiger charge is -2.11. The number of pyridine rings is 1. The van der Waals surface area contributed by atoms with Crippen molar-refractivity contribution < 1.29 is 4.79 Å². The first-order valence-electron chi connectivity index (χ1n) is 7.87. The van der Waals surface area contributed by atoms with Crippen LogP contribution in [0.3, 0.4) is 0 Å². The van der Waals surface area contributed by atoms with Crippen LogP contribution in [0.1, 0.15) is 21.5 Å². The Kier molecular flexibility index (Phi) is 5.14. The predicted molar refractivity (Wildman–Crippen MR) is 106 cm³/mol. The van der Waals surface area contributed by atoms with E-state index in [1.165, 1.54) is 5.56 Å². The fourth-order valence-corrected chi connectivity index (χ4v) is 2.66. The molecule has 2 N–H and O–H groups in total. The van der Waals surface area contributed by atoms with E-state index >= 15 is 0 Å². The van der Waals surface area contributed by atoms with Crippen LogP contribution < -0.4 is 10.6 Å². The van der Waals surface area contributed by atoms with E-state index in [1.807, 2.05) is 38.1 Å². The van der Waals surface area contributed by atoms with Gasteiger partial charge in [-0.2, -0.15) is 0 Å². The largest absolute Gasteiger partial charge is 0.354 e. The van der Waals surface area contributed by atoms with Gasteiger partial charge in [0.25, 0.3) is 5.91 Å². The van der Waals surface area contributed by atoms with E-state index in [1.54, 1.807) is 18.5 Å². The fourth-order valence-electron chi connectivity index (χ4n) is 2.39. The second-order valence-electron chi connectivity index (χ2n) is 5.87. The second kappa shape index (κ2) is 7.49. The summed E-state index contributed by atoms with van der Waals surface area (Å²) in [4.78, 5) is 16.6. The summed E-state index contributed by atoms with van der Waals surface area (Å²) in [6.07, 6.45) is 3.26. The molecule has 126 valence electrons. The van der Waals surface area contributed by atoms with Crippen molar-refractivity contribution in [2.24, 2.45) is 0 Å². The van der Waals surface area contributed by atoms with Gasteiger partial charge in [0.05, 0.1) is 17.4 Å². The van der Waals surface area contributed by atoms with Crippen molar-refractivity contribution in [3.05, 3.63) is 82.1 Å². The molecule has 0 atom stereocenters. The first kappa shape index (κ1) is 17.2. The quantitative estimate of drug-likeness (QED) is 0.616. The van der Waals surface area contributed by atoms with Crippen molar-refractivity contribution >= 4 is 38.9 Å². The Labute approximate surface area is 155 Å². The number of carbonyl (C=O) groups is 1. The molecule has 0 fully saturated rings. The first-order valence-corrected chi connectivity index (χ1v) is 8.67. The number of halogens is 1. The Balaban J connectivity index is 1.77. The van der Waals surface area contributed by atoms with Crippen LogP contribution in [0, 0.1) is 13.8 Å². The molecule has 1 aromatic heterocycles. The van der Waals surface area contributed by atoms with E-state index in [0.29, 0.717) is 5.56 Å². The van der Waals surface area contributed by atoms with Gasteiger partial charge < -0.3 is 10.6 Å². The summed E-state index contributed by atoms with van der Waals surface area (Å²) >= 11 is 3.38. The maximum absolute atomic E-state index is 12.4. The number of hydrogen-bond donors (Lipinski definition) is 2. The molecule has 0 aliphatic heterocycles. The number of hydrogen-bond acceptors (Lipinski definition) is 3. The van der Waals surface area contributed by atoms with Gasteiger partial charge in [-0.15, -0.1) is 0 Å². The Morgan fingerprint density at radius 1 is 0.960 bits per heavy atom. The van der Waals surface area contributed by atoms with Gasteiger partial charge in [-0.3, -0.25) is 9.78 Å². The molecule has 0 aliphatic rings. The van der Waals surface area contributed by atoms with Crippen LogP contribution in [0.2, 0.25) is 0 Å². The minimum atomic E-state index is -0.195. The van der Waals surface area contributed by atoms with E-state index in [0.717, 1.165) is 27.1 Å². The monoisotopic (exact) mass is 395 g/mol. The second-order valence-corrected chi connectivity index (χ2v) is 6.78. The Morgan fingerprint density at radius 2 is 1.72 bits per heavy atom. The smallest absolute Gasteiger partial charge is 0.257 e. The van der Waals surface area contributed by atoms with Crippen LogP contribution in [-0.4, -0.2) is 10.9 Å². The van der Waals surface area contributed by atoms with E-state index in [4.69, 9.17) is 0 Å². The SMILES string of the molecule is Cc1ccc(C)c(Nc2cncc(C(=O)Nc3ccc(Br)cc3)c2)c1. The molecule has 0 bridgehead atoms. The lowest BCUT2D eigenvalue weighted by molar-refractivity contribution is 0.102. The molecule has 4 nitrogen and oxygen atoms in total. The van der Waals surface area contributed by atoms with Crippen molar-refractivity contribution in [1.29, 1.82) is 0 Å². The van der Waals surface area contributed by atoms with Gasteiger partial charge in [0, 0.05) is 22.0 Å². The first-order chi connectivity index (χ1) is 12.0. The van der Waals surface area contributed by atoms with Crippen LogP contribution in [0.4, 0.5) is 17.1 Å². The van der Waals surface area contributed by atoms with Crippen molar-refractivity contribution in [3.63, 3.8) is 0 Å². The zero-order valence-electron chi connectivity index (χ0n) is 14.0. The molecule has 0 saturated carbocycles. The Bertz CT molecular complexity index is 907. The number of aryl methyl sites for hydroxylation is 2. The van der Waals surface area contributed by atoms with Gasteiger partial charge in [0.15, 0.2) is 0 Å². The Morgan fingerprint density at radius 3 is 2.48 bits per heavy atom. The van der Waals surface area contributed by atoms with E-state index in [-0.39, 0.29) is 5.91 Å². The number of benzene rings is 2. The molecule has 3 aromatic rings. The average Bonchev–Trinajstić information content (AvgIpc) is 2.60. The molecule has 25 heavy (non-hydrogen) atoms. The number of rotatable bonds is 4. The summed E-state index contributed by atoms with van der Waals surface area (Å²) in [5.74, 6) is -0.195. The number of nitrogens with one attached hydrogen (secondary N) is 2. The van der Waals surface area contributed by atoms with Crippen molar-refractivity contribution in [3.8, 4) is 0 Å². The van der Waals surface area contributed by atoms with Crippen LogP contribution in [0.15, 0.2) is 65.4 Å². The molecule has 0 aliphatic carbocycles. The molecule has 0 saturated heterocycles.